The predicted molar refractivity (Wildman–Crippen MR) is 71.9 cm³/mol. The molecular weight excluding hydrogens is 244 g/mol. The van der Waals surface area contributed by atoms with Crippen molar-refractivity contribution in [2.45, 2.75) is 64.0 Å². The summed E-state index contributed by atoms with van der Waals surface area (Å²) in [5.74, 6) is -0.920. The maximum Gasteiger partial charge on any atom is 0.317 e. The molecule has 108 valence electrons. The number of urea groups is 1. The molecule has 2 N–H and O–H groups in total. The van der Waals surface area contributed by atoms with E-state index in [1.807, 2.05) is 4.90 Å². The van der Waals surface area contributed by atoms with Gasteiger partial charge in [-0.3, -0.25) is 4.79 Å². The van der Waals surface area contributed by atoms with Crippen molar-refractivity contribution in [1.29, 1.82) is 0 Å². The van der Waals surface area contributed by atoms with Gasteiger partial charge in [-0.15, -0.1) is 0 Å². The van der Waals surface area contributed by atoms with Crippen LogP contribution in [0.1, 0.15) is 51.9 Å². The summed E-state index contributed by atoms with van der Waals surface area (Å²) in [7, 11) is 0. The molecule has 0 spiro atoms. The highest BCUT2D eigenvalue weighted by atomic mass is 16.4. The monoisotopic (exact) mass is 268 g/mol. The molecule has 1 atom stereocenters. The van der Waals surface area contributed by atoms with Gasteiger partial charge in [-0.05, 0) is 51.9 Å². The lowest BCUT2D eigenvalue weighted by atomic mass is 9.86. The first kappa shape index (κ1) is 14.2. The Labute approximate surface area is 114 Å². The highest BCUT2D eigenvalue weighted by molar-refractivity contribution is 5.75. The van der Waals surface area contributed by atoms with E-state index < -0.39 is 5.97 Å². The first-order valence-electron chi connectivity index (χ1n) is 7.38. The van der Waals surface area contributed by atoms with Crippen LogP contribution in [0, 0.1) is 5.92 Å². The summed E-state index contributed by atoms with van der Waals surface area (Å²) in [6, 6.07) is 0.507. The minimum atomic E-state index is -0.700. The number of carboxylic acid groups (broad SMARTS) is 1. The highest BCUT2D eigenvalue weighted by Gasteiger charge is 2.29. The molecule has 2 amide bonds. The molecule has 0 aromatic heterocycles. The van der Waals surface area contributed by atoms with Crippen LogP contribution in [0.25, 0.3) is 0 Å². The lowest BCUT2D eigenvalue weighted by Crippen LogP contribution is -2.51. The summed E-state index contributed by atoms with van der Waals surface area (Å²) < 4.78 is 0. The lowest BCUT2D eigenvalue weighted by molar-refractivity contribution is -0.142. The maximum absolute atomic E-state index is 12.2. The number of hydrogen-bond donors (Lipinski definition) is 2. The van der Waals surface area contributed by atoms with E-state index in [1.165, 1.54) is 6.42 Å². The van der Waals surface area contributed by atoms with Crippen molar-refractivity contribution in [3.63, 3.8) is 0 Å². The smallest absolute Gasteiger partial charge is 0.317 e. The molecule has 5 heteroatoms. The fourth-order valence-electron chi connectivity index (χ4n) is 3.14. The minimum Gasteiger partial charge on any atom is -0.481 e. The standard InChI is InChI=1S/C14H24N2O3/c1-10-4-2-3-9-16(10)14(19)15-12-7-5-11(6-8-12)13(17)18/h10-12H,2-9H2,1H3,(H,15,19)(H,17,18). The van der Waals surface area contributed by atoms with Crippen LogP contribution in [-0.4, -0.2) is 40.6 Å². The van der Waals surface area contributed by atoms with Crippen molar-refractivity contribution in [3.8, 4) is 0 Å². The average molecular weight is 268 g/mol. The second-order valence-electron chi connectivity index (χ2n) is 5.87. The van der Waals surface area contributed by atoms with Gasteiger partial charge in [-0.25, -0.2) is 4.79 Å². The van der Waals surface area contributed by atoms with Crippen molar-refractivity contribution in [1.82, 2.24) is 10.2 Å². The van der Waals surface area contributed by atoms with Gasteiger partial charge < -0.3 is 15.3 Å². The Bertz CT molecular complexity index is 338. The summed E-state index contributed by atoms with van der Waals surface area (Å²) in [5.41, 5.74) is 0. The molecule has 0 radical (unpaired) electrons. The Balaban J connectivity index is 1.78. The number of amides is 2. The van der Waals surface area contributed by atoms with Crippen LogP contribution in [0.3, 0.4) is 0 Å². The number of piperidine rings is 1. The fraction of sp³-hybridized carbons (Fsp3) is 0.857. The molecule has 1 unspecified atom stereocenters. The average Bonchev–Trinajstić information content (AvgIpc) is 2.39. The molecule has 2 rings (SSSR count). The molecule has 0 aromatic rings. The van der Waals surface area contributed by atoms with Gasteiger partial charge >= 0.3 is 12.0 Å². The second-order valence-corrected chi connectivity index (χ2v) is 5.87. The van der Waals surface area contributed by atoms with Crippen molar-refractivity contribution >= 4 is 12.0 Å². The molecule has 0 bridgehead atoms. The van der Waals surface area contributed by atoms with Crippen molar-refractivity contribution in [2.75, 3.05) is 6.54 Å². The summed E-state index contributed by atoms with van der Waals surface area (Å²) in [4.78, 5) is 25.0. The molecule has 5 nitrogen and oxygen atoms in total. The van der Waals surface area contributed by atoms with E-state index in [0.29, 0.717) is 18.9 Å². The van der Waals surface area contributed by atoms with E-state index in [4.69, 9.17) is 5.11 Å². The summed E-state index contributed by atoms with van der Waals surface area (Å²) in [6.45, 7) is 2.94. The first-order valence-corrected chi connectivity index (χ1v) is 7.38. The Kier molecular flexibility index (Phi) is 4.66. The van der Waals surface area contributed by atoms with Gasteiger partial charge in [0.25, 0.3) is 0 Å². The number of carboxylic acids is 1. The zero-order valence-corrected chi connectivity index (χ0v) is 11.6. The molecule has 1 aliphatic carbocycles. The normalized spacial score (nSPS) is 31.8. The van der Waals surface area contributed by atoms with E-state index in [2.05, 4.69) is 12.2 Å². The third-order valence-electron chi connectivity index (χ3n) is 4.47. The van der Waals surface area contributed by atoms with Gasteiger partial charge in [0.05, 0.1) is 5.92 Å². The van der Waals surface area contributed by atoms with Crippen LogP contribution in [0.2, 0.25) is 0 Å². The van der Waals surface area contributed by atoms with E-state index in [0.717, 1.165) is 32.2 Å². The molecule has 1 aliphatic heterocycles. The SMILES string of the molecule is CC1CCCCN1C(=O)NC1CCC(C(=O)O)CC1. The number of likely N-dealkylation sites (tertiary alicyclic amines) is 1. The van der Waals surface area contributed by atoms with Gasteiger partial charge in [0.15, 0.2) is 0 Å². The van der Waals surface area contributed by atoms with Crippen molar-refractivity contribution in [3.05, 3.63) is 0 Å². The number of rotatable bonds is 2. The summed E-state index contributed by atoms with van der Waals surface area (Å²) >= 11 is 0. The number of hydrogen-bond acceptors (Lipinski definition) is 2. The minimum absolute atomic E-state index is 0.0333. The maximum atomic E-state index is 12.2. The van der Waals surface area contributed by atoms with Gasteiger partial charge in [0, 0.05) is 18.6 Å². The molecule has 2 aliphatic rings. The summed E-state index contributed by atoms with van der Waals surface area (Å²) in [5, 5.41) is 12.0. The third-order valence-corrected chi connectivity index (χ3v) is 4.47. The van der Waals surface area contributed by atoms with Crippen molar-refractivity contribution < 1.29 is 14.7 Å². The van der Waals surface area contributed by atoms with Gasteiger partial charge in [-0.1, -0.05) is 0 Å². The van der Waals surface area contributed by atoms with E-state index in [9.17, 15) is 9.59 Å². The highest BCUT2D eigenvalue weighted by Crippen LogP contribution is 2.25. The first-order chi connectivity index (χ1) is 9.08. The topological polar surface area (TPSA) is 69.6 Å². The van der Waals surface area contributed by atoms with Crippen LogP contribution in [0.15, 0.2) is 0 Å². The Morgan fingerprint density at radius 1 is 1.11 bits per heavy atom. The third kappa shape index (κ3) is 3.61. The second kappa shape index (κ2) is 6.26. The molecule has 19 heavy (non-hydrogen) atoms. The Morgan fingerprint density at radius 3 is 2.37 bits per heavy atom. The van der Waals surface area contributed by atoms with Gasteiger partial charge in [0.2, 0.25) is 0 Å². The van der Waals surface area contributed by atoms with Crippen LogP contribution in [-0.2, 0) is 4.79 Å². The molecule has 1 heterocycles. The fourth-order valence-corrected chi connectivity index (χ4v) is 3.14. The zero-order chi connectivity index (χ0) is 13.8. The molecular formula is C14H24N2O3. The Hall–Kier alpha value is -1.26. The number of aliphatic carboxylic acids is 1. The number of nitrogens with zero attached hydrogens (tertiary/aromatic N) is 1. The van der Waals surface area contributed by atoms with E-state index >= 15 is 0 Å². The molecule has 1 saturated heterocycles. The molecule has 1 saturated carbocycles. The van der Waals surface area contributed by atoms with Gasteiger partial charge in [-0.2, -0.15) is 0 Å². The van der Waals surface area contributed by atoms with E-state index in [1.54, 1.807) is 0 Å². The molecule has 0 aromatic carbocycles. The van der Waals surface area contributed by atoms with Crippen LogP contribution in [0.4, 0.5) is 4.79 Å². The lowest BCUT2D eigenvalue weighted by Gasteiger charge is -2.35. The van der Waals surface area contributed by atoms with Crippen LogP contribution < -0.4 is 5.32 Å². The largest absolute Gasteiger partial charge is 0.481 e. The predicted octanol–water partition coefficient (Wildman–Crippen LogP) is 2.21. The van der Waals surface area contributed by atoms with Gasteiger partial charge in [0.1, 0.15) is 0 Å². The zero-order valence-electron chi connectivity index (χ0n) is 11.6. The number of carbonyl (C=O) groups is 2. The van der Waals surface area contributed by atoms with Crippen molar-refractivity contribution in [2.24, 2.45) is 5.92 Å². The van der Waals surface area contributed by atoms with E-state index in [-0.39, 0.29) is 18.0 Å². The van der Waals surface area contributed by atoms with Crippen LogP contribution >= 0.6 is 0 Å². The molecule has 2 fully saturated rings. The van der Waals surface area contributed by atoms with Crippen LogP contribution in [0.5, 0.6) is 0 Å². The summed E-state index contributed by atoms with van der Waals surface area (Å²) in [6.07, 6.45) is 6.29. The quantitative estimate of drug-likeness (QED) is 0.806. The number of carbonyl (C=O) groups excluding carboxylic acids is 1. The number of nitrogens with one attached hydrogen (secondary N) is 1. The Morgan fingerprint density at radius 2 is 1.79 bits per heavy atom.